The number of pyridine rings is 1. The molecule has 92 valence electrons. The Balaban J connectivity index is 2.53. The first kappa shape index (κ1) is 12.0. The van der Waals surface area contributed by atoms with E-state index >= 15 is 0 Å². The topological polar surface area (TPSA) is 91.0 Å². The molecule has 0 fully saturated rings. The maximum Gasteiger partial charge on any atom is 0.343 e. The monoisotopic (exact) mass is 244 g/mol. The van der Waals surface area contributed by atoms with Gasteiger partial charge in [-0.15, -0.1) is 0 Å². The third kappa shape index (κ3) is 2.13. The van der Waals surface area contributed by atoms with Gasteiger partial charge in [0, 0.05) is 6.20 Å². The number of aromatic nitrogens is 3. The van der Waals surface area contributed by atoms with E-state index in [1.54, 1.807) is 25.3 Å². The highest BCUT2D eigenvalue weighted by molar-refractivity contribution is 5.95. The van der Waals surface area contributed by atoms with Crippen LogP contribution in [0.15, 0.2) is 24.4 Å². The van der Waals surface area contributed by atoms with Crippen molar-refractivity contribution in [1.29, 1.82) is 0 Å². The molecule has 0 aromatic carbocycles. The van der Waals surface area contributed by atoms with Crippen molar-refractivity contribution < 1.29 is 9.53 Å². The molecule has 6 nitrogen and oxygen atoms in total. The second-order valence-corrected chi connectivity index (χ2v) is 3.60. The Morgan fingerprint density at radius 3 is 2.67 bits per heavy atom. The Morgan fingerprint density at radius 2 is 2.11 bits per heavy atom. The van der Waals surface area contributed by atoms with Crippen LogP contribution in [0.1, 0.15) is 16.1 Å². The highest BCUT2D eigenvalue weighted by Crippen LogP contribution is 2.19. The predicted octanol–water partition coefficient (Wildman–Crippen LogP) is 1.22. The third-order valence-electron chi connectivity index (χ3n) is 2.40. The van der Waals surface area contributed by atoms with Crippen molar-refractivity contribution in [3.8, 4) is 11.5 Å². The molecule has 0 radical (unpaired) electrons. The molecule has 0 unspecified atom stereocenters. The molecule has 6 heteroatoms. The molecule has 0 spiro atoms. The van der Waals surface area contributed by atoms with Crippen molar-refractivity contribution in [2.75, 3.05) is 12.8 Å². The van der Waals surface area contributed by atoms with Gasteiger partial charge < -0.3 is 10.5 Å². The van der Waals surface area contributed by atoms with Crippen LogP contribution in [0.4, 0.5) is 5.82 Å². The van der Waals surface area contributed by atoms with Gasteiger partial charge in [0.1, 0.15) is 17.1 Å². The maximum absolute atomic E-state index is 11.5. The van der Waals surface area contributed by atoms with Crippen LogP contribution in [-0.4, -0.2) is 28.0 Å². The lowest BCUT2D eigenvalue weighted by atomic mass is 10.2. The van der Waals surface area contributed by atoms with Gasteiger partial charge in [0.05, 0.1) is 12.8 Å². The molecule has 0 aliphatic heterocycles. The molecular formula is C12H12N4O2. The standard InChI is InChI=1S/C12H12N4O2/c1-7-9(12(17)18-2)10(13)16-11(15-7)8-5-3-4-6-14-8/h3-6H,1-2H3,(H2,13,15,16). The Bertz CT molecular complexity index is 561. The highest BCUT2D eigenvalue weighted by atomic mass is 16.5. The molecule has 0 bridgehead atoms. The number of carbonyl (C=O) groups is 1. The van der Waals surface area contributed by atoms with Crippen LogP contribution >= 0.6 is 0 Å². The summed E-state index contributed by atoms with van der Waals surface area (Å²) >= 11 is 0. The molecule has 2 aromatic heterocycles. The first-order valence-corrected chi connectivity index (χ1v) is 5.27. The second kappa shape index (κ2) is 4.79. The summed E-state index contributed by atoms with van der Waals surface area (Å²) in [6.45, 7) is 1.68. The number of nitrogens with zero attached hydrogens (tertiary/aromatic N) is 3. The lowest BCUT2D eigenvalue weighted by Gasteiger charge is -2.08. The van der Waals surface area contributed by atoms with Gasteiger partial charge in [-0.3, -0.25) is 4.98 Å². The van der Waals surface area contributed by atoms with Crippen molar-refractivity contribution in [2.24, 2.45) is 0 Å². The molecule has 0 atom stereocenters. The quantitative estimate of drug-likeness (QED) is 0.798. The number of methoxy groups -OCH3 is 1. The van der Waals surface area contributed by atoms with Gasteiger partial charge in [0.15, 0.2) is 5.82 Å². The van der Waals surface area contributed by atoms with E-state index in [1.165, 1.54) is 7.11 Å². The number of hydrogen-bond acceptors (Lipinski definition) is 6. The van der Waals surface area contributed by atoms with Crippen LogP contribution in [0.5, 0.6) is 0 Å². The van der Waals surface area contributed by atoms with Crippen LogP contribution in [0.2, 0.25) is 0 Å². The average Bonchev–Trinajstić information content (AvgIpc) is 2.38. The Labute approximate surface area is 104 Å². The Hall–Kier alpha value is -2.50. The van der Waals surface area contributed by atoms with E-state index in [0.717, 1.165) is 0 Å². The summed E-state index contributed by atoms with van der Waals surface area (Å²) in [5.41, 5.74) is 7.02. The Kier molecular flexibility index (Phi) is 3.18. The van der Waals surface area contributed by atoms with Crippen molar-refractivity contribution in [1.82, 2.24) is 15.0 Å². The molecule has 18 heavy (non-hydrogen) atoms. The zero-order valence-corrected chi connectivity index (χ0v) is 10.0. The minimum absolute atomic E-state index is 0.0926. The molecule has 0 aliphatic rings. The van der Waals surface area contributed by atoms with Crippen molar-refractivity contribution in [3.63, 3.8) is 0 Å². The van der Waals surface area contributed by atoms with Crippen molar-refractivity contribution in [3.05, 3.63) is 35.7 Å². The van der Waals surface area contributed by atoms with E-state index in [9.17, 15) is 4.79 Å². The van der Waals surface area contributed by atoms with E-state index in [0.29, 0.717) is 17.2 Å². The molecule has 2 N–H and O–H groups in total. The van der Waals surface area contributed by atoms with Gasteiger partial charge in [-0.1, -0.05) is 6.07 Å². The third-order valence-corrected chi connectivity index (χ3v) is 2.40. The summed E-state index contributed by atoms with van der Waals surface area (Å²) < 4.78 is 4.63. The number of nitrogen functional groups attached to an aromatic ring is 1. The summed E-state index contributed by atoms with van der Waals surface area (Å²) in [6.07, 6.45) is 1.64. The van der Waals surface area contributed by atoms with E-state index in [-0.39, 0.29) is 11.4 Å². The SMILES string of the molecule is COC(=O)c1c(C)nc(-c2ccccn2)nc1N. The van der Waals surface area contributed by atoms with Crippen LogP contribution in [-0.2, 0) is 4.74 Å². The highest BCUT2D eigenvalue weighted by Gasteiger charge is 2.18. The number of aryl methyl sites for hydroxylation is 1. The number of rotatable bonds is 2. The number of nitrogens with two attached hydrogens (primary N) is 1. The van der Waals surface area contributed by atoms with Crippen LogP contribution < -0.4 is 5.73 Å². The lowest BCUT2D eigenvalue weighted by Crippen LogP contribution is -2.12. The number of carbonyl (C=O) groups excluding carboxylic acids is 1. The zero-order valence-electron chi connectivity index (χ0n) is 10.0. The number of hydrogen-bond donors (Lipinski definition) is 1. The minimum Gasteiger partial charge on any atom is -0.465 e. The van der Waals surface area contributed by atoms with Crippen molar-refractivity contribution >= 4 is 11.8 Å². The summed E-state index contributed by atoms with van der Waals surface area (Å²) in [7, 11) is 1.29. The molecule has 2 aromatic rings. The number of anilines is 1. The van der Waals surface area contributed by atoms with E-state index in [2.05, 4.69) is 19.7 Å². The maximum atomic E-state index is 11.5. The fourth-order valence-corrected chi connectivity index (χ4v) is 1.56. The average molecular weight is 244 g/mol. The summed E-state index contributed by atoms with van der Waals surface area (Å²) in [5.74, 6) is -0.0640. The van der Waals surface area contributed by atoms with Gasteiger partial charge >= 0.3 is 5.97 Å². The van der Waals surface area contributed by atoms with Crippen molar-refractivity contribution in [2.45, 2.75) is 6.92 Å². The molecule has 2 rings (SSSR count). The summed E-state index contributed by atoms with van der Waals surface area (Å²) in [5, 5.41) is 0. The van der Waals surface area contributed by atoms with E-state index in [4.69, 9.17) is 5.73 Å². The summed E-state index contributed by atoms with van der Waals surface area (Å²) in [6, 6.07) is 5.39. The molecule has 2 heterocycles. The van der Waals surface area contributed by atoms with Gasteiger partial charge in [-0.2, -0.15) is 0 Å². The van der Waals surface area contributed by atoms with Gasteiger partial charge in [-0.25, -0.2) is 14.8 Å². The van der Waals surface area contributed by atoms with Gasteiger partial charge in [-0.05, 0) is 19.1 Å². The fourth-order valence-electron chi connectivity index (χ4n) is 1.56. The normalized spacial score (nSPS) is 10.1. The van der Waals surface area contributed by atoms with Crippen LogP contribution in [0.3, 0.4) is 0 Å². The number of ether oxygens (including phenoxy) is 1. The lowest BCUT2D eigenvalue weighted by molar-refractivity contribution is 0.0600. The minimum atomic E-state index is -0.544. The number of esters is 1. The van der Waals surface area contributed by atoms with Crippen LogP contribution in [0, 0.1) is 6.92 Å². The molecule has 0 saturated carbocycles. The fraction of sp³-hybridized carbons (Fsp3) is 0.167. The van der Waals surface area contributed by atoms with Gasteiger partial charge in [0.2, 0.25) is 0 Å². The zero-order chi connectivity index (χ0) is 13.1. The molecule has 0 amide bonds. The van der Waals surface area contributed by atoms with Gasteiger partial charge in [0.25, 0.3) is 0 Å². The first-order chi connectivity index (χ1) is 8.63. The smallest absolute Gasteiger partial charge is 0.343 e. The van der Waals surface area contributed by atoms with Crippen LogP contribution in [0.25, 0.3) is 11.5 Å². The molecule has 0 aliphatic carbocycles. The predicted molar refractivity (Wildman–Crippen MR) is 65.8 cm³/mol. The molecular weight excluding hydrogens is 232 g/mol. The largest absolute Gasteiger partial charge is 0.465 e. The first-order valence-electron chi connectivity index (χ1n) is 5.27. The van der Waals surface area contributed by atoms with E-state index in [1.807, 2.05) is 6.07 Å². The molecule has 0 saturated heterocycles. The Morgan fingerprint density at radius 1 is 1.33 bits per heavy atom. The second-order valence-electron chi connectivity index (χ2n) is 3.60. The summed E-state index contributed by atoms with van der Waals surface area (Å²) in [4.78, 5) is 23.9. The van der Waals surface area contributed by atoms with E-state index < -0.39 is 5.97 Å².